The number of alkyl halides is 1. The molecule has 0 N–H and O–H groups in total. The van der Waals surface area contributed by atoms with Gasteiger partial charge in [0.15, 0.2) is 0 Å². The van der Waals surface area contributed by atoms with Crippen LogP contribution in [0.5, 0.6) is 0 Å². The van der Waals surface area contributed by atoms with Gasteiger partial charge in [0.25, 0.3) is 0 Å². The highest BCUT2D eigenvalue weighted by molar-refractivity contribution is 9.14. The molecule has 1 saturated carbocycles. The Morgan fingerprint density at radius 3 is 3.00 bits per heavy atom. The molecule has 0 aromatic rings. The fraction of sp³-hybridized carbons (Fsp3) is 0.750. The average Bonchev–Trinajstić information content (AvgIpc) is 2.29. The van der Waals surface area contributed by atoms with Crippen LogP contribution in [0, 0.1) is 11.8 Å². The molecule has 0 aromatic heterocycles. The molecule has 0 nitrogen and oxygen atoms in total. The van der Waals surface area contributed by atoms with Crippen molar-refractivity contribution < 1.29 is 0 Å². The minimum Gasteiger partial charge on any atom is -0.0830 e. The van der Waals surface area contributed by atoms with Crippen molar-refractivity contribution in [3.8, 4) is 0 Å². The Hall–Kier alpha value is 0.700. The van der Waals surface area contributed by atoms with Crippen LogP contribution in [0.15, 0.2) is 10.6 Å². The molecule has 2 heteroatoms. The van der Waals surface area contributed by atoms with E-state index in [2.05, 4.69) is 37.9 Å². The highest BCUT2D eigenvalue weighted by atomic mass is 79.9. The summed E-state index contributed by atoms with van der Waals surface area (Å²) in [7, 11) is 0. The Morgan fingerprint density at radius 2 is 2.20 bits per heavy atom. The SMILES string of the molecule is BrC1=C[C@@H]2CC[C@@H](C2)[C@@H]1Br. The van der Waals surface area contributed by atoms with Crippen LogP contribution < -0.4 is 0 Å². The predicted octanol–water partition coefficient (Wildman–Crippen LogP) is 3.46. The van der Waals surface area contributed by atoms with Crippen molar-refractivity contribution in [2.24, 2.45) is 11.8 Å². The van der Waals surface area contributed by atoms with Gasteiger partial charge in [-0.25, -0.2) is 0 Å². The first kappa shape index (κ1) is 7.35. The Bertz CT molecular complexity index is 174. The maximum absolute atomic E-state index is 3.69. The fourth-order valence-corrected chi connectivity index (χ4v) is 3.39. The third-order valence-corrected chi connectivity index (χ3v) is 5.20. The van der Waals surface area contributed by atoms with Crippen molar-refractivity contribution in [1.82, 2.24) is 0 Å². The molecule has 0 spiro atoms. The summed E-state index contributed by atoms with van der Waals surface area (Å²) in [4.78, 5) is 0.617. The van der Waals surface area contributed by atoms with Crippen LogP contribution >= 0.6 is 31.9 Å². The van der Waals surface area contributed by atoms with Crippen LogP contribution in [0.4, 0.5) is 0 Å². The summed E-state index contributed by atoms with van der Waals surface area (Å²) in [5.74, 6) is 1.79. The van der Waals surface area contributed by atoms with E-state index in [0.29, 0.717) is 4.83 Å². The topological polar surface area (TPSA) is 0 Å². The quantitative estimate of drug-likeness (QED) is 0.589. The van der Waals surface area contributed by atoms with E-state index in [0.717, 1.165) is 11.8 Å². The number of rotatable bonds is 0. The van der Waals surface area contributed by atoms with Gasteiger partial charge in [-0.1, -0.05) is 37.9 Å². The smallest absolute Gasteiger partial charge is 0.0486 e. The van der Waals surface area contributed by atoms with Crippen molar-refractivity contribution in [1.29, 1.82) is 0 Å². The molecule has 2 bridgehead atoms. The molecular formula is C8H10Br2. The molecule has 1 fully saturated rings. The number of hydrogen-bond acceptors (Lipinski definition) is 0. The Labute approximate surface area is 78.3 Å². The first-order valence-corrected chi connectivity index (χ1v) is 5.49. The highest BCUT2D eigenvalue weighted by Gasteiger charge is 2.34. The number of allylic oxidation sites excluding steroid dienone is 2. The minimum atomic E-state index is 0.617. The average molecular weight is 266 g/mol. The van der Waals surface area contributed by atoms with Gasteiger partial charge in [0, 0.05) is 9.31 Å². The lowest BCUT2D eigenvalue weighted by molar-refractivity contribution is 0.532. The van der Waals surface area contributed by atoms with Crippen LogP contribution in [0.25, 0.3) is 0 Å². The minimum absolute atomic E-state index is 0.617. The lowest BCUT2D eigenvalue weighted by Gasteiger charge is -2.21. The molecule has 0 unspecified atom stereocenters. The zero-order valence-electron chi connectivity index (χ0n) is 5.69. The van der Waals surface area contributed by atoms with Crippen LogP contribution in [0.2, 0.25) is 0 Å². The zero-order chi connectivity index (χ0) is 7.14. The van der Waals surface area contributed by atoms with E-state index in [1.165, 1.54) is 23.7 Å². The van der Waals surface area contributed by atoms with Gasteiger partial charge in [0.05, 0.1) is 0 Å². The third-order valence-electron chi connectivity index (χ3n) is 2.59. The maximum atomic E-state index is 3.69. The summed E-state index contributed by atoms with van der Waals surface area (Å²) in [5.41, 5.74) is 0. The summed E-state index contributed by atoms with van der Waals surface area (Å²) in [6, 6.07) is 0. The predicted molar refractivity (Wildman–Crippen MR) is 50.6 cm³/mol. The molecular weight excluding hydrogens is 256 g/mol. The van der Waals surface area contributed by atoms with Gasteiger partial charge < -0.3 is 0 Å². The Kier molecular flexibility index (Phi) is 1.94. The normalized spacial score (nSPS) is 45.4. The second-order valence-electron chi connectivity index (χ2n) is 3.29. The van der Waals surface area contributed by atoms with E-state index >= 15 is 0 Å². The number of halogens is 2. The molecule has 2 aliphatic rings. The van der Waals surface area contributed by atoms with Crippen molar-refractivity contribution >= 4 is 31.9 Å². The maximum Gasteiger partial charge on any atom is 0.0486 e. The Balaban J connectivity index is 2.25. The molecule has 2 aliphatic carbocycles. The zero-order valence-corrected chi connectivity index (χ0v) is 8.86. The van der Waals surface area contributed by atoms with Gasteiger partial charge in [-0.2, -0.15) is 0 Å². The summed E-state index contributed by atoms with van der Waals surface area (Å²) in [5, 5.41) is 0. The second-order valence-corrected chi connectivity index (χ2v) is 5.19. The van der Waals surface area contributed by atoms with Crippen molar-refractivity contribution in [2.45, 2.75) is 24.1 Å². The van der Waals surface area contributed by atoms with Gasteiger partial charge >= 0.3 is 0 Å². The Morgan fingerprint density at radius 1 is 1.40 bits per heavy atom. The first-order chi connectivity index (χ1) is 4.77. The van der Waals surface area contributed by atoms with Gasteiger partial charge in [-0.15, -0.1) is 0 Å². The van der Waals surface area contributed by atoms with E-state index in [-0.39, 0.29) is 0 Å². The number of hydrogen-bond donors (Lipinski definition) is 0. The second kappa shape index (κ2) is 2.63. The van der Waals surface area contributed by atoms with Crippen molar-refractivity contribution in [3.05, 3.63) is 10.6 Å². The molecule has 0 amide bonds. The molecule has 10 heavy (non-hydrogen) atoms. The fourth-order valence-electron chi connectivity index (χ4n) is 2.01. The molecule has 3 atom stereocenters. The van der Waals surface area contributed by atoms with Gasteiger partial charge in [0.1, 0.15) is 0 Å². The summed E-state index contributed by atoms with van der Waals surface area (Å²) < 4.78 is 1.38. The lowest BCUT2D eigenvalue weighted by Crippen LogP contribution is -2.15. The summed E-state index contributed by atoms with van der Waals surface area (Å²) in [6.07, 6.45) is 6.60. The molecule has 0 aromatic carbocycles. The van der Waals surface area contributed by atoms with Crippen molar-refractivity contribution in [3.63, 3.8) is 0 Å². The molecule has 2 rings (SSSR count). The van der Waals surface area contributed by atoms with E-state index in [4.69, 9.17) is 0 Å². The van der Waals surface area contributed by atoms with Crippen molar-refractivity contribution in [2.75, 3.05) is 0 Å². The molecule has 0 heterocycles. The number of fused-ring (bicyclic) bond motifs is 2. The highest BCUT2D eigenvalue weighted by Crippen LogP contribution is 2.45. The first-order valence-electron chi connectivity index (χ1n) is 3.78. The van der Waals surface area contributed by atoms with Crippen LogP contribution in [0.3, 0.4) is 0 Å². The van der Waals surface area contributed by atoms with Crippen LogP contribution in [-0.4, -0.2) is 4.83 Å². The van der Waals surface area contributed by atoms with Gasteiger partial charge in [-0.3, -0.25) is 0 Å². The van der Waals surface area contributed by atoms with Gasteiger partial charge in [-0.05, 0) is 31.1 Å². The van der Waals surface area contributed by atoms with E-state index < -0.39 is 0 Å². The van der Waals surface area contributed by atoms with E-state index in [1.54, 1.807) is 0 Å². The van der Waals surface area contributed by atoms with E-state index in [1.807, 2.05) is 0 Å². The molecule has 0 aliphatic heterocycles. The molecule has 0 saturated heterocycles. The summed E-state index contributed by atoms with van der Waals surface area (Å²) in [6.45, 7) is 0. The standard InChI is InChI=1S/C8H10Br2/c9-7-4-5-1-2-6(3-5)8(7)10/h4-6,8H,1-3H2/t5-,6+,8+/m1/s1. The monoisotopic (exact) mass is 264 g/mol. The molecule has 56 valence electrons. The third kappa shape index (κ3) is 1.10. The largest absolute Gasteiger partial charge is 0.0830 e. The lowest BCUT2D eigenvalue weighted by atomic mass is 9.96. The van der Waals surface area contributed by atoms with Gasteiger partial charge in [0.2, 0.25) is 0 Å². The summed E-state index contributed by atoms with van der Waals surface area (Å²) >= 11 is 7.28. The van der Waals surface area contributed by atoms with Crippen LogP contribution in [0.1, 0.15) is 19.3 Å². The van der Waals surface area contributed by atoms with Crippen LogP contribution in [-0.2, 0) is 0 Å². The molecule has 0 radical (unpaired) electrons. The van der Waals surface area contributed by atoms with E-state index in [9.17, 15) is 0 Å².